The maximum Gasteiger partial charge on any atom is 0.244 e. The maximum absolute atomic E-state index is 5.54. The van der Waals surface area contributed by atoms with E-state index in [1.165, 1.54) is 6.20 Å². The predicted molar refractivity (Wildman–Crippen MR) is 42.0 cm³/mol. The Morgan fingerprint density at radius 1 is 1.42 bits per heavy atom. The molecule has 0 atom stereocenters. The summed E-state index contributed by atoms with van der Waals surface area (Å²) in [6.45, 7) is 0. The van der Waals surface area contributed by atoms with Crippen LogP contribution in [0.15, 0.2) is 24.7 Å². The van der Waals surface area contributed by atoms with Gasteiger partial charge in [0.1, 0.15) is 0 Å². The van der Waals surface area contributed by atoms with Gasteiger partial charge in [-0.15, -0.1) is 5.10 Å². The molecule has 0 saturated carbocycles. The molecule has 0 N–H and O–H groups in total. The van der Waals surface area contributed by atoms with Crippen LogP contribution in [0.5, 0.6) is 0 Å². The van der Waals surface area contributed by atoms with Gasteiger partial charge < -0.3 is 0 Å². The quantitative estimate of drug-likeness (QED) is 0.650. The monoisotopic (exact) mass is 181 g/mol. The van der Waals surface area contributed by atoms with E-state index in [-0.39, 0.29) is 5.28 Å². The molecule has 0 aliphatic rings. The van der Waals surface area contributed by atoms with Crippen molar-refractivity contribution in [2.75, 3.05) is 0 Å². The van der Waals surface area contributed by atoms with Crippen molar-refractivity contribution in [1.82, 2.24) is 25.0 Å². The van der Waals surface area contributed by atoms with Gasteiger partial charge in [-0.2, -0.15) is 15.2 Å². The van der Waals surface area contributed by atoms with Gasteiger partial charge in [0.15, 0.2) is 5.82 Å². The highest BCUT2D eigenvalue weighted by atomic mass is 35.5. The highest BCUT2D eigenvalue weighted by molar-refractivity contribution is 6.28. The molecule has 0 aliphatic carbocycles. The highest BCUT2D eigenvalue weighted by Gasteiger charge is 1.98. The molecule has 0 bridgehead atoms. The molecule has 2 heterocycles. The van der Waals surface area contributed by atoms with Gasteiger partial charge in [0.2, 0.25) is 5.28 Å². The number of halogens is 1. The van der Waals surface area contributed by atoms with Crippen LogP contribution in [0, 0.1) is 0 Å². The van der Waals surface area contributed by atoms with Crippen molar-refractivity contribution in [1.29, 1.82) is 0 Å². The molecule has 5 nitrogen and oxygen atoms in total. The molecule has 0 aliphatic heterocycles. The second-order valence-electron chi connectivity index (χ2n) is 2.03. The minimum atomic E-state index is 0.114. The molecular weight excluding hydrogens is 178 g/mol. The lowest BCUT2D eigenvalue weighted by atomic mass is 10.7. The fourth-order valence-electron chi connectivity index (χ4n) is 0.789. The van der Waals surface area contributed by atoms with Gasteiger partial charge in [0, 0.05) is 12.4 Å². The number of hydrogen-bond donors (Lipinski definition) is 0. The number of rotatable bonds is 1. The smallest absolute Gasteiger partial charge is 0.221 e. The fourth-order valence-corrected chi connectivity index (χ4v) is 0.919. The van der Waals surface area contributed by atoms with Crippen LogP contribution in [-0.2, 0) is 0 Å². The van der Waals surface area contributed by atoms with E-state index in [0.717, 1.165) is 0 Å². The Hall–Kier alpha value is -1.49. The average Bonchev–Trinajstić information content (AvgIpc) is 2.56. The average molecular weight is 182 g/mol. The van der Waals surface area contributed by atoms with E-state index in [1.54, 1.807) is 23.1 Å². The first-order valence-electron chi connectivity index (χ1n) is 3.21. The van der Waals surface area contributed by atoms with Gasteiger partial charge in [0.05, 0.1) is 6.20 Å². The van der Waals surface area contributed by atoms with Crippen LogP contribution in [0.2, 0.25) is 5.28 Å². The molecule has 0 fully saturated rings. The van der Waals surface area contributed by atoms with Crippen LogP contribution in [-0.4, -0.2) is 25.0 Å². The summed E-state index contributed by atoms with van der Waals surface area (Å²) >= 11 is 5.54. The van der Waals surface area contributed by atoms with Crippen molar-refractivity contribution in [3.63, 3.8) is 0 Å². The van der Waals surface area contributed by atoms with Gasteiger partial charge in [-0.05, 0) is 17.7 Å². The van der Waals surface area contributed by atoms with Crippen LogP contribution in [0.1, 0.15) is 0 Å². The first kappa shape index (κ1) is 7.17. The Morgan fingerprint density at radius 3 is 3.00 bits per heavy atom. The number of nitrogens with zero attached hydrogens (tertiary/aromatic N) is 5. The Labute approximate surface area is 73.0 Å². The normalized spacial score (nSPS) is 10.1. The van der Waals surface area contributed by atoms with Crippen molar-refractivity contribution in [3.8, 4) is 5.82 Å². The second kappa shape index (κ2) is 2.86. The van der Waals surface area contributed by atoms with E-state index in [1.807, 2.05) is 0 Å². The summed E-state index contributed by atoms with van der Waals surface area (Å²) in [5.74, 6) is 0.556. The Kier molecular flexibility index (Phi) is 1.71. The highest BCUT2D eigenvalue weighted by Crippen LogP contribution is 2.02. The minimum Gasteiger partial charge on any atom is -0.221 e. The predicted octanol–water partition coefficient (Wildman–Crippen LogP) is 0.711. The standard InChI is InChI=1S/C6H4ClN5/c7-6-10-5(4-8-11-6)12-3-1-2-9-12/h1-4H. The van der Waals surface area contributed by atoms with Gasteiger partial charge in [-0.25, -0.2) is 4.68 Å². The molecular formula is C6H4ClN5. The van der Waals surface area contributed by atoms with Crippen LogP contribution in [0.3, 0.4) is 0 Å². The van der Waals surface area contributed by atoms with Crippen LogP contribution < -0.4 is 0 Å². The first-order valence-corrected chi connectivity index (χ1v) is 3.59. The second-order valence-corrected chi connectivity index (χ2v) is 2.37. The molecule has 2 aromatic rings. The van der Waals surface area contributed by atoms with Crippen molar-refractivity contribution < 1.29 is 0 Å². The maximum atomic E-state index is 5.54. The molecule has 0 radical (unpaired) electrons. The molecule has 2 rings (SSSR count). The summed E-state index contributed by atoms with van der Waals surface area (Å²) in [5.41, 5.74) is 0. The summed E-state index contributed by atoms with van der Waals surface area (Å²) < 4.78 is 1.56. The zero-order valence-corrected chi connectivity index (χ0v) is 6.68. The molecule has 0 unspecified atom stereocenters. The molecule has 60 valence electrons. The summed E-state index contributed by atoms with van der Waals surface area (Å²) in [6, 6.07) is 1.79. The van der Waals surface area contributed by atoms with Gasteiger partial charge >= 0.3 is 0 Å². The molecule has 2 aromatic heterocycles. The lowest BCUT2D eigenvalue weighted by Crippen LogP contribution is -2.00. The molecule has 0 saturated heterocycles. The third-order valence-electron chi connectivity index (χ3n) is 1.26. The summed E-state index contributed by atoms with van der Waals surface area (Å²) in [6.07, 6.45) is 4.88. The van der Waals surface area contributed by atoms with Gasteiger partial charge in [-0.1, -0.05) is 0 Å². The van der Waals surface area contributed by atoms with Crippen LogP contribution in [0.25, 0.3) is 5.82 Å². The number of aromatic nitrogens is 5. The zero-order valence-electron chi connectivity index (χ0n) is 5.92. The molecule has 6 heteroatoms. The Bertz CT molecular complexity index is 371. The molecule has 0 aromatic carbocycles. The fraction of sp³-hybridized carbons (Fsp3) is 0. The van der Waals surface area contributed by atoms with Gasteiger partial charge in [-0.3, -0.25) is 0 Å². The summed E-state index contributed by atoms with van der Waals surface area (Å²) in [7, 11) is 0. The third-order valence-corrected chi connectivity index (χ3v) is 1.42. The van der Waals surface area contributed by atoms with E-state index >= 15 is 0 Å². The molecule has 12 heavy (non-hydrogen) atoms. The van der Waals surface area contributed by atoms with E-state index in [2.05, 4.69) is 20.3 Å². The van der Waals surface area contributed by atoms with E-state index < -0.39 is 0 Å². The topological polar surface area (TPSA) is 56.5 Å². The number of hydrogen-bond acceptors (Lipinski definition) is 4. The molecule has 0 amide bonds. The SMILES string of the molecule is Clc1nncc(-n2cccn2)n1. The molecule has 0 spiro atoms. The van der Waals surface area contributed by atoms with E-state index in [4.69, 9.17) is 11.6 Å². The van der Waals surface area contributed by atoms with Crippen LogP contribution >= 0.6 is 11.6 Å². The largest absolute Gasteiger partial charge is 0.244 e. The van der Waals surface area contributed by atoms with E-state index in [0.29, 0.717) is 5.82 Å². The van der Waals surface area contributed by atoms with Crippen LogP contribution in [0.4, 0.5) is 0 Å². The van der Waals surface area contributed by atoms with E-state index in [9.17, 15) is 0 Å². The Balaban J connectivity index is 2.48. The van der Waals surface area contributed by atoms with Crippen molar-refractivity contribution in [2.24, 2.45) is 0 Å². The van der Waals surface area contributed by atoms with Gasteiger partial charge in [0.25, 0.3) is 0 Å². The zero-order chi connectivity index (χ0) is 8.39. The summed E-state index contributed by atoms with van der Waals surface area (Å²) in [5, 5.41) is 11.2. The Morgan fingerprint density at radius 2 is 2.33 bits per heavy atom. The van der Waals surface area contributed by atoms with Crippen molar-refractivity contribution in [3.05, 3.63) is 29.9 Å². The van der Waals surface area contributed by atoms with Crippen molar-refractivity contribution >= 4 is 11.6 Å². The minimum absolute atomic E-state index is 0.114. The first-order chi connectivity index (χ1) is 5.86. The summed E-state index contributed by atoms with van der Waals surface area (Å²) in [4.78, 5) is 3.91. The van der Waals surface area contributed by atoms with Crippen molar-refractivity contribution in [2.45, 2.75) is 0 Å². The third kappa shape index (κ3) is 1.26. The lowest BCUT2D eigenvalue weighted by Gasteiger charge is -1.96. The lowest BCUT2D eigenvalue weighted by molar-refractivity contribution is 0.813.